The summed E-state index contributed by atoms with van der Waals surface area (Å²) >= 11 is 0. The van der Waals surface area contributed by atoms with Gasteiger partial charge in [0.15, 0.2) is 0 Å². The molecule has 0 saturated heterocycles. The largest absolute Gasteiger partial charge is 0.492 e. The average molecular weight is 243 g/mol. The molecule has 1 fully saturated rings. The first-order valence-electron chi connectivity index (χ1n) is 6.27. The van der Waals surface area contributed by atoms with Gasteiger partial charge in [-0.15, -0.1) is 0 Å². The predicted molar refractivity (Wildman–Crippen MR) is 65.5 cm³/mol. The van der Waals surface area contributed by atoms with Gasteiger partial charge in [-0.3, -0.25) is 0 Å². The van der Waals surface area contributed by atoms with E-state index < -0.39 is 5.82 Å². The second kappa shape index (κ2) is 4.45. The van der Waals surface area contributed by atoms with E-state index in [0.29, 0.717) is 30.1 Å². The quantitative estimate of drug-likeness (QED) is 0.763. The van der Waals surface area contributed by atoms with Crippen LogP contribution in [0, 0.1) is 34.9 Å². The van der Waals surface area contributed by atoms with Crippen molar-refractivity contribution in [3.8, 4) is 11.8 Å². The minimum atomic E-state index is -0.511. The fraction of sp³-hybridized carbons (Fsp3) is 0.400. The molecular formula is C15H14FNO. The van der Waals surface area contributed by atoms with E-state index in [-0.39, 0.29) is 5.56 Å². The number of nitrogens with zero attached hydrogens (tertiary/aromatic N) is 1. The molecule has 3 heteroatoms. The zero-order valence-electron chi connectivity index (χ0n) is 9.97. The summed E-state index contributed by atoms with van der Waals surface area (Å²) in [6.07, 6.45) is 6.92. The van der Waals surface area contributed by atoms with Gasteiger partial charge in [0.05, 0.1) is 6.61 Å². The van der Waals surface area contributed by atoms with Crippen LogP contribution >= 0.6 is 0 Å². The molecule has 3 atom stereocenters. The molecule has 3 unspecified atom stereocenters. The highest BCUT2D eigenvalue weighted by molar-refractivity contribution is 5.43. The van der Waals surface area contributed by atoms with Gasteiger partial charge in [-0.1, -0.05) is 18.2 Å². The van der Waals surface area contributed by atoms with E-state index in [9.17, 15) is 4.39 Å². The van der Waals surface area contributed by atoms with E-state index in [1.165, 1.54) is 12.5 Å². The number of fused-ring (bicyclic) bond motifs is 2. The Hall–Kier alpha value is -1.82. The Morgan fingerprint density at radius 3 is 2.89 bits per heavy atom. The van der Waals surface area contributed by atoms with Gasteiger partial charge in [0.2, 0.25) is 0 Å². The maximum atomic E-state index is 13.4. The first-order valence-corrected chi connectivity index (χ1v) is 6.27. The Kier molecular flexibility index (Phi) is 2.79. The third-order valence-corrected chi connectivity index (χ3v) is 3.96. The lowest BCUT2D eigenvalue weighted by Crippen LogP contribution is -2.16. The summed E-state index contributed by atoms with van der Waals surface area (Å²) in [5, 5.41) is 8.92. The number of rotatable bonds is 3. The van der Waals surface area contributed by atoms with Crippen LogP contribution in [0.25, 0.3) is 0 Å². The van der Waals surface area contributed by atoms with E-state index >= 15 is 0 Å². The Balaban J connectivity index is 1.69. The number of benzene rings is 1. The van der Waals surface area contributed by atoms with Crippen LogP contribution in [-0.4, -0.2) is 6.61 Å². The summed E-state index contributed by atoms with van der Waals surface area (Å²) in [5.41, 5.74) is 0.0104. The van der Waals surface area contributed by atoms with Crippen LogP contribution in [0.3, 0.4) is 0 Å². The summed E-state index contributed by atoms with van der Waals surface area (Å²) in [5.74, 6) is 1.67. The van der Waals surface area contributed by atoms with Gasteiger partial charge in [-0.25, -0.2) is 4.39 Å². The lowest BCUT2D eigenvalue weighted by molar-refractivity contribution is 0.226. The maximum absolute atomic E-state index is 13.4. The molecule has 18 heavy (non-hydrogen) atoms. The lowest BCUT2D eigenvalue weighted by Gasteiger charge is -2.19. The van der Waals surface area contributed by atoms with Gasteiger partial charge in [-0.2, -0.15) is 5.26 Å². The van der Waals surface area contributed by atoms with Crippen molar-refractivity contribution in [1.29, 1.82) is 5.26 Å². The van der Waals surface area contributed by atoms with E-state index in [1.807, 2.05) is 6.07 Å². The van der Waals surface area contributed by atoms with Crippen molar-refractivity contribution >= 4 is 0 Å². The molecule has 1 saturated carbocycles. The van der Waals surface area contributed by atoms with Crippen LogP contribution in [0.5, 0.6) is 5.75 Å². The summed E-state index contributed by atoms with van der Waals surface area (Å²) in [4.78, 5) is 0. The van der Waals surface area contributed by atoms with E-state index in [2.05, 4.69) is 12.2 Å². The van der Waals surface area contributed by atoms with Crippen LogP contribution in [0.1, 0.15) is 18.4 Å². The molecule has 0 spiro atoms. The Bertz CT molecular complexity index is 532. The number of allylic oxidation sites excluding steroid dienone is 2. The Labute approximate surface area is 106 Å². The minimum Gasteiger partial charge on any atom is -0.492 e. The smallest absolute Gasteiger partial charge is 0.144 e. The molecule has 3 rings (SSSR count). The highest BCUT2D eigenvalue weighted by atomic mass is 19.1. The number of nitriles is 1. The third-order valence-electron chi connectivity index (χ3n) is 3.96. The summed E-state index contributed by atoms with van der Waals surface area (Å²) in [6.45, 7) is 0.573. The van der Waals surface area contributed by atoms with Crippen LogP contribution < -0.4 is 4.74 Å². The van der Waals surface area contributed by atoms with Crippen molar-refractivity contribution in [2.24, 2.45) is 17.8 Å². The molecule has 0 amide bonds. The van der Waals surface area contributed by atoms with Crippen LogP contribution in [0.4, 0.5) is 4.39 Å². The molecule has 1 aromatic carbocycles. The van der Waals surface area contributed by atoms with Gasteiger partial charge in [-0.05, 0) is 42.7 Å². The predicted octanol–water partition coefficient (Wildman–Crippen LogP) is 3.29. The van der Waals surface area contributed by atoms with E-state index in [4.69, 9.17) is 10.00 Å². The number of halogens is 1. The Morgan fingerprint density at radius 1 is 1.33 bits per heavy atom. The van der Waals surface area contributed by atoms with Gasteiger partial charge >= 0.3 is 0 Å². The molecule has 0 radical (unpaired) electrons. The number of hydrogen-bond donors (Lipinski definition) is 0. The SMILES string of the molecule is N#Cc1c(F)cccc1OCC1CC2C=CC1C2. The first-order chi connectivity index (χ1) is 8.78. The van der Waals surface area contributed by atoms with Crippen molar-refractivity contribution < 1.29 is 9.13 Å². The van der Waals surface area contributed by atoms with E-state index in [0.717, 1.165) is 6.42 Å². The first kappa shape index (κ1) is 11.3. The van der Waals surface area contributed by atoms with Crippen molar-refractivity contribution in [1.82, 2.24) is 0 Å². The molecule has 0 aliphatic heterocycles. The second-order valence-electron chi connectivity index (χ2n) is 5.08. The van der Waals surface area contributed by atoms with Crippen LogP contribution in [0.2, 0.25) is 0 Å². The summed E-state index contributed by atoms with van der Waals surface area (Å²) in [7, 11) is 0. The van der Waals surface area contributed by atoms with E-state index in [1.54, 1.807) is 12.1 Å². The summed E-state index contributed by atoms with van der Waals surface area (Å²) < 4.78 is 19.0. The molecular weight excluding hydrogens is 229 g/mol. The molecule has 0 heterocycles. The number of ether oxygens (including phenoxy) is 1. The third kappa shape index (κ3) is 1.88. The van der Waals surface area contributed by atoms with Crippen LogP contribution in [0.15, 0.2) is 30.4 Å². The molecule has 2 aliphatic rings. The molecule has 1 aromatic rings. The minimum absolute atomic E-state index is 0.0104. The molecule has 2 aliphatic carbocycles. The fourth-order valence-electron chi connectivity index (χ4n) is 3.02. The highest BCUT2D eigenvalue weighted by Gasteiger charge is 2.35. The van der Waals surface area contributed by atoms with Gasteiger partial charge < -0.3 is 4.74 Å². The number of hydrogen-bond acceptors (Lipinski definition) is 2. The van der Waals surface area contributed by atoms with Crippen molar-refractivity contribution in [2.45, 2.75) is 12.8 Å². The standard InChI is InChI=1S/C15H14FNO/c16-14-2-1-3-15(13(14)8-17)18-9-12-7-10-4-5-11(12)6-10/h1-5,10-12H,6-7,9H2. The zero-order chi connectivity index (χ0) is 12.5. The van der Waals surface area contributed by atoms with Crippen molar-refractivity contribution in [2.75, 3.05) is 6.61 Å². The van der Waals surface area contributed by atoms with Gasteiger partial charge in [0, 0.05) is 0 Å². The lowest BCUT2D eigenvalue weighted by atomic mass is 9.94. The molecule has 0 N–H and O–H groups in total. The second-order valence-corrected chi connectivity index (χ2v) is 5.08. The monoisotopic (exact) mass is 243 g/mol. The normalized spacial score (nSPS) is 28.3. The van der Waals surface area contributed by atoms with Crippen LogP contribution in [-0.2, 0) is 0 Å². The molecule has 2 nitrogen and oxygen atoms in total. The summed E-state index contributed by atoms with van der Waals surface area (Å²) in [6, 6.07) is 6.38. The molecule has 0 aromatic heterocycles. The fourth-order valence-corrected chi connectivity index (χ4v) is 3.02. The van der Waals surface area contributed by atoms with Gasteiger partial charge in [0.1, 0.15) is 23.2 Å². The molecule has 2 bridgehead atoms. The highest BCUT2D eigenvalue weighted by Crippen LogP contribution is 2.43. The average Bonchev–Trinajstić information content (AvgIpc) is 2.98. The zero-order valence-corrected chi connectivity index (χ0v) is 9.97. The Morgan fingerprint density at radius 2 is 2.22 bits per heavy atom. The van der Waals surface area contributed by atoms with Crippen molar-refractivity contribution in [3.05, 3.63) is 41.7 Å². The molecule has 92 valence electrons. The topological polar surface area (TPSA) is 33.0 Å². The van der Waals surface area contributed by atoms with Gasteiger partial charge in [0.25, 0.3) is 0 Å². The van der Waals surface area contributed by atoms with Crippen molar-refractivity contribution in [3.63, 3.8) is 0 Å². The maximum Gasteiger partial charge on any atom is 0.144 e.